The number of hydrogen-bond donors (Lipinski definition) is 0. The molecule has 0 N–H and O–H groups in total. The molecule has 1 aliphatic rings. The summed E-state index contributed by atoms with van der Waals surface area (Å²) in [7, 11) is 1.43. The van der Waals surface area contributed by atoms with Gasteiger partial charge in [-0.15, -0.1) is 11.3 Å². The Kier molecular flexibility index (Phi) is 1.87. The van der Waals surface area contributed by atoms with Crippen LogP contribution in [0.25, 0.3) is 0 Å². The molecular formula is C9H11NO2S. The Morgan fingerprint density at radius 2 is 2.38 bits per heavy atom. The van der Waals surface area contributed by atoms with Gasteiger partial charge >= 0.3 is 5.97 Å². The lowest BCUT2D eigenvalue weighted by Gasteiger charge is -2.07. The minimum atomic E-state index is -0.381. The lowest BCUT2D eigenvalue weighted by atomic mass is 10.1. The van der Waals surface area contributed by atoms with Crippen LogP contribution in [0.4, 0.5) is 0 Å². The molecule has 0 aliphatic heterocycles. The molecule has 0 amide bonds. The van der Waals surface area contributed by atoms with Gasteiger partial charge in [-0.05, 0) is 19.8 Å². The van der Waals surface area contributed by atoms with E-state index in [0.29, 0.717) is 0 Å². The molecule has 0 bridgehead atoms. The van der Waals surface area contributed by atoms with Gasteiger partial charge in [-0.1, -0.05) is 0 Å². The van der Waals surface area contributed by atoms with Crippen LogP contribution < -0.4 is 0 Å². The number of hydrogen-bond acceptors (Lipinski definition) is 4. The fourth-order valence-corrected chi connectivity index (χ4v) is 2.44. The summed E-state index contributed by atoms with van der Waals surface area (Å²) in [5.41, 5.74) is 0.600. The third-order valence-electron chi connectivity index (χ3n) is 2.35. The summed E-state index contributed by atoms with van der Waals surface area (Å²) in [5, 5.41) is 2.88. The van der Waals surface area contributed by atoms with E-state index in [2.05, 4.69) is 4.98 Å². The minimum absolute atomic E-state index is 0.137. The highest BCUT2D eigenvalue weighted by atomic mass is 32.1. The van der Waals surface area contributed by atoms with E-state index in [1.807, 2.05) is 12.3 Å². The molecule has 70 valence electrons. The molecule has 0 aromatic carbocycles. The van der Waals surface area contributed by atoms with Gasteiger partial charge in [0.05, 0.1) is 7.11 Å². The highest BCUT2D eigenvalue weighted by Gasteiger charge is 2.54. The Morgan fingerprint density at radius 1 is 1.69 bits per heavy atom. The zero-order chi connectivity index (χ0) is 9.47. The van der Waals surface area contributed by atoms with Gasteiger partial charge in [0.15, 0.2) is 0 Å². The number of nitrogens with zero attached hydrogens (tertiary/aromatic N) is 1. The maximum atomic E-state index is 11.5. The van der Waals surface area contributed by atoms with Gasteiger partial charge in [0.25, 0.3) is 0 Å². The molecule has 0 unspecified atom stereocenters. The predicted octanol–water partition coefficient (Wildman–Crippen LogP) is 1.66. The summed E-state index contributed by atoms with van der Waals surface area (Å²) in [6.07, 6.45) is 1.76. The van der Waals surface area contributed by atoms with Crippen LogP contribution in [-0.2, 0) is 14.9 Å². The number of carbonyl (C=O) groups excluding carboxylic acids is 1. The molecule has 1 aromatic rings. The van der Waals surface area contributed by atoms with E-state index in [9.17, 15) is 4.79 Å². The number of rotatable bonds is 2. The van der Waals surface area contributed by atoms with E-state index in [1.54, 1.807) is 11.3 Å². The molecule has 13 heavy (non-hydrogen) atoms. The number of methoxy groups -OCH3 is 1. The third kappa shape index (κ3) is 1.25. The largest absolute Gasteiger partial charge is 0.468 e. The summed E-state index contributed by atoms with van der Waals surface area (Å²) in [6.45, 7) is 1.94. The van der Waals surface area contributed by atoms with Crippen LogP contribution >= 0.6 is 11.3 Å². The first-order valence-corrected chi connectivity index (χ1v) is 5.08. The Morgan fingerprint density at radius 3 is 2.77 bits per heavy atom. The smallest absolute Gasteiger partial charge is 0.318 e. The maximum absolute atomic E-state index is 11.5. The molecule has 0 saturated heterocycles. The van der Waals surface area contributed by atoms with Crippen LogP contribution in [0.2, 0.25) is 0 Å². The normalized spacial score (nSPS) is 18.3. The van der Waals surface area contributed by atoms with Crippen molar-refractivity contribution in [3.8, 4) is 0 Å². The number of thiazole rings is 1. The number of aryl methyl sites for hydroxylation is 1. The van der Waals surface area contributed by atoms with E-state index in [-0.39, 0.29) is 11.4 Å². The molecule has 1 heterocycles. The van der Waals surface area contributed by atoms with Crippen molar-refractivity contribution < 1.29 is 9.53 Å². The van der Waals surface area contributed by atoms with E-state index in [4.69, 9.17) is 4.74 Å². The summed E-state index contributed by atoms with van der Waals surface area (Å²) in [6, 6.07) is 0. The zero-order valence-corrected chi connectivity index (χ0v) is 8.48. The molecule has 1 aromatic heterocycles. The molecule has 1 aliphatic carbocycles. The Balaban J connectivity index is 2.30. The van der Waals surface area contributed by atoms with Crippen LogP contribution in [0.5, 0.6) is 0 Å². The Labute approximate surface area is 80.8 Å². The summed E-state index contributed by atoms with van der Waals surface area (Å²) < 4.78 is 4.77. The van der Waals surface area contributed by atoms with Gasteiger partial charge in [0.2, 0.25) is 0 Å². The highest BCUT2D eigenvalue weighted by Crippen LogP contribution is 2.50. The standard InChI is InChI=1S/C9H11NO2S/c1-6-5-13-7(10-6)9(3-4-9)8(11)12-2/h5H,3-4H2,1-2H3. The van der Waals surface area contributed by atoms with Crippen molar-refractivity contribution in [3.05, 3.63) is 16.1 Å². The average Bonchev–Trinajstić information content (AvgIpc) is 2.83. The van der Waals surface area contributed by atoms with E-state index in [1.165, 1.54) is 7.11 Å². The number of aromatic nitrogens is 1. The molecule has 1 fully saturated rings. The van der Waals surface area contributed by atoms with Crippen LogP contribution in [0.3, 0.4) is 0 Å². The molecule has 4 heteroatoms. The first-order chi connectivity index (χ1) is 6.19. The first kappa shape index (κ1) is 8.69. The molecule has 0 radical (unpaired) electrons. The lowest BCUT2D eigenvalue weighted by molar-refractivity contribution is -0.143. The monoisotopic (exact) mass is 197 g/mol. The lowest BCUT2D eigenvalue weighted by Crippen LogP contribution is -2.21. The van der Waals surface area contributed by atoms with Crippen LogP contribution in [-0.4, -0.2) is 18.1 Å². The molecular weight excluding hydrogens is 186 g/mol. The van der Waals surface area contributed by atoms with Crippen molar-refractivity contribution in [3.63, 3.8) is 0 Å². The van der Waals surface area contributed by atoms with Crippen molar-refractivity contribution >= 4 is 17.3 Å². The average molecular weight is 197 g/mol. The minimum Gasteiger partial charge on any atom is -0.468 e. The molecule has 0 spiro atoms. The van der Waals surface area contributed by atoms with E-state index in [0.717, 1.165) is 23.5 Å². The maximum Gasteiger partial charge on any atom is 0.318 e. The van der Waals surface area contributed by atoms with Crippen LogP contribution in [0.15, 0.2) is 5.38 Å². The van der Waals surface area contributed by atoms with Crippen molar-refractivity contribution in [2.45, 2.75) is 25.2 Å². The summed E-state index contributed by atoms with van der Waals surface area (Å²) >= 11 is 1.55. The molecule has 1 saturated carbocycles. The second kappa shape index (κ2) is 2.80. The third-order valence-corrected chi connectivity index (χ3v) is 3.52. The van der Waals surface area contributed by atoms with Crippen molar-refractivity contribution in [2.24, 2.45) is 0 Å². The van der Waals surface area contributed by atoms with E-state index >= 15 is 0 Å². The highest BCUT2D eigenvalue weighted by molar-refractivity contribution is 7.10. The quantitative estimate of drug-likeness (QED) is 0.677. The summed E-state index contributed by atoms with van der Waals surface area (Å²) in [4.78, 5) is 15.8. The first-order valence-electron chi connectivity index (χ1n) is 4.20. The van der Waals surface area contributed by atoms with Crippen LogP contribution in [0.1, 0.15) is 23.5 Å². The second-order valence-corrected chi connectivity index (χ2v) is 4.23. The van der Waals surface area contributed by atoms with Gasteiger partial charge in [0, 0.05) is 11.1 Å². The van der Waals surface area contributed by atoms with Gasteiger partial charge in [-0.25, -0.2) is 4.98 Å². The fourth-order valence-electron chi connectivity index (χ4n) is 1.40. The van der Waals surface area contributed by atoms with Gasteiger partial charge < -0.3 is 4.74 Å². The molecule has 0 atom stereocenters. The van der Waals surface area contributed by atoms with Crippen LogP contribution in [0, 0.1) is 6.92 Å². The van der Waals surface area contributed by atoms with Crippen molar-refractivity contribution in [1.82, 2.24) is 4.98 Å². The second-order valence-electron chi connectivity index (χ2n) is 3.37. The molecule has 2 rings (SSSR count). The fraction of sp³-hybridized carbons (Fsp3) is 0.556. The van der Waals surface area contributed by atoms with Crippen molar-refractivity contribution in [2.75, 3.05) is 7.11 Å². The topological polar surface area (TPSA) is 39.2 Å². The number of carbonyl (C=O) groups is 1. The Bertz CT molecular complexity index is 341. The molecule has 3 nitrogen and oxygen atoms in total. The van der Waals surface area contributed by atoms with Gasteiger partial charge in [-0.3, -0.25) is 4.79 Å². The SMILES string of the molecule is COC(=O)C1(c2nc(C)cs2)CC1. The van der Waals surface area contributed by atoms with E-state index < -0.39 is 0 Å². The number of ether oxygens (including phenoxy) is 1. The van der Waals surface area contributed by atoms with Gasteiger partial charge in [-0.2, -0.15) is 0 Å². The van der Waals surface area contributed by atoms with Crippen molar-refractivity contribution in [1.29, 1.82) is 0 Å². The summed E-state index contributed by atoms with van der Waals surface area (Å²) in [5.74, 6) is -0.137. The Hall–Kier alpha value is -0.900. The number of esters is 1. The van der Waals surface area contributed by atoms with Gasteiger partial charge in [0.1, 0.15) is 10.4 Å². The predicted molar refractivity (Wildman–Crippen MR) is 49.8 cm³/mol. The zero-order valence-electron chi connectivity index (χ0n) is 7.66.